The van der Waals surface area contributed by atoms with Gasteiger partial charge >= 0.3 is 0 Å². The molecule has 2 heterocycles. The number of nitrogens with one attached hydrogen (secondary N) is 1. The number of carbonyl (C=O) groups excluding carboxylic acids is 1. The minimum atomic E-state index is -3.55. The van der Waals surface area contributed by atoms with E-state index >= 15 is 0 Å². The lowest BCUT2D eigenvalue weighted by Gasteiger charge is -2.18. The van der Waals surface area contributed by atoms with Crippen LogP contribution >= 0.6 is 11.3 Å². The SMILES string of the molecule is CCCn1c(CCC(=O)Nc2nccs2)nc2cc(S(=O)(=O)N(CC)CC)ccc21. The van der Waals surface area contributed by atoms with E-state index in [0.29, 0.717) is 30.2 Å². The van der Waals surface area contributed by atoms with Gasteiger partial charge in [-0.1, -0.05) is 20.8 Å². The summed E-state index contributed by atoms with van der Waals surface area (Å²) in [4.78, 5) is 21.2. The van der Waals surface area contributed by atoms with Crippen molar-refractivity contribution in [2.24, 2.45) is 0 Å². The maximum atomic E-state index is 12.9. The molecule has 0 aliphatic heterocycles. The Hall–Kier alpha value is -2.30. The number of hydrogen-bond donors (Lipinski definition) is 1. The fraction of sp³-hybridized carbons (Fsp3) is 0.450. The summed E-state index contributed by atoms with van der Waals surface area (Å²) in [7, 11) is -3.55. The van der Waals surface area contributed by atoms with Crippen LogP contribution in [0, 0.1) is 0 Å². The second-order valence-corrected chi connectivity index (χ2v) is 9.64. The molecule has 1 aromatic carbocycles. The lowest BCUT2D eigenvalue weighted by molar-refractivity contribution is -0.116. The van der Waals surface area contributed by atoms with Crippen molar-refractivity contribution in [1.82, 2.24) is 18.8 Å². The topological polar surface area (TPSA) is 97.2 Å². The van der Waals surface area contributed by atoms with Crippen LogP contribution in [-0.4, -0.2) is 46.3 Å². The van der Waals surface area contributed by atoms with Crippen molar-refractivity contribution in [2.75, 3.05) is 18.4 Å². The van der Waals surface area contributed by atoms with Crippen molar-refractivity contribution in [3.63, 3.8) is 0 Å². The van der Waals surface area contributed by atoms with Gasteiger partial charge in [-0.15, -0.1) is 11.3 Å². The molecule has 0 saturated heterocycles. The monoisotopic (exact) mass is 449 g/mol. The quantitative estimate of drug-likeness (QED) is 0.511. The zero-order valence-corrected chi connectivity index (χ0v) is 19.1. The van der Waals surface area contributed by atoms with Crippen LogP contribution in [0.4, 0.5) is 5.13 Å². The van der Waals surface area contributed by atoms with Crippen molar-refractivity contribution in [2.45, 2.75) is 51.5 Å². The summed E-state index contributed by atoms with van der Waals surface area (Å²) in [6.45, 7) is 7.31. The molecule has 8 nitrogen and oxygen atoms in total. The number of amides is 1. The van der Waals surface area contributed by atoms with Gasteiger partial charge < -0.3 is 9.88 Å². The number of benzene rings is 1. The Bertz CT molecular complexity index is 1100. The molecule has 0 aliphatic carbocycles. The first-order valence-corrected chi connectivity index (χ1v) is 12.4. The molecule has 1 N–H and O–H groups in total. The van der Waals surface area contributed by atoms with Crippen LogP contribution in [0.15, 0.2) is 34.7 Å². The normalized spacial score (nSPS) is 12.0. The third-order valence-corrected chi connectivity index (χ3v) is 7.58. The van der Waals surface area contributed by atoms with Crippen LogP contribution in [0.25, 0.3) is 11.0 Å². The Labute approximate surface area is 181 Å². The third kappa shape index (κ3) is 4.71. The van der Waals surface area contributed by atoms with Gasteiger partial charge in [0.1, 0.15) is 5.82 Å². The molecule has 0 unspecified atom stereocenters. The van der Waals surface area contributed by atoms with E-state index in [0.717, 1.165) is 24.3 Å². The van der Waals surface area contributed by atoms with Gasteiger partial charge in [-0.05, 0) is 24.6 Å². The predicted octanol–water partition coefficient (Wildman–Crippen LogP) is 3.50. The number of thiazole rings is 1. The van der Waals surface area contributed by atoms with Gasteiger partial charge in [0.25, 0.3) is 0 Å². The van der Waals surface area contributed by atoms with Crippen molar-refractivity contribution < 1.29 is 13.2 Å². The molecule has 10 heteroatoms. The van der Waals surface area contributed by atoms with Crippen molar-refractivity contribution in [3.8, 4) is 0 Å². The van der Waals surface area contributed by atoms with Crippen LogP contribution in [-0.2, 0) is 27.8 Å². The molecule has 1 amide bonds. The molecular formula is C20H27N5O3S2. The third-order valence-electron chi connectivity index (χ3n) is 4.84. The van der Waals surface area contributed by atoms with Gasteiger partial charge in [0, 0.05) is 44.1 Å². The van der Waals surface area contributed by atoms with Crippen molar-refractivity contribution >= 4 is 43.4 Å². The lowest BCUT2D eigenvalue weighted by Crippen LogP contribution is -2.30. The molecule has 2 aromatic heterocycles. The summed E-state index contributed by atoms with van der Waals surface area (Å²) in [6.07, 6.45) is 3.29. The Morgan fingerprint density at radius 3 is 2.63 bits per heavy atom. The fourth-order valence-corrected chi connectivity index (χ4v) is 5.41. The Morgan fingerprint density at radius 1 is 1.23 bits per heavy atom. The molecule has 30 heavy (non-hydrogen) atoms. The second-order valence-electron chi connectivity index (χ2n) is 6.80. The average Bonchev–Trinajstić information content (AvgIpc) is 3.35. The summed E-state index contributed by atoms with van der Waals surface area (Å²) >= 11 is 1.37. The van der Waals surface area contributed by atoms with Crippen LogP contribution in [0.2, 0.25) is 0 Å². The number of rotatable bonds is 10. The molecule has 0 spiro atoms. The van der Waals surface area contributed by atoms with E-state index in [1.54, 1.807) is 23.7 Å². The minimum absolute atomic E-state index is 0.121. The first-order chi connectivity index (χ1) is 14.4. The van der Waals surface area contributed by atoms with Crippen molar-refractivity contribution in [3.05, 3.63) is 35.6 Å². The predicted molar refractivity (Wildman–Crippen MR) is 119 cm³/mol. The summed E-state index contributed by atoms with van der Waals surface area (Å²) in [6, 6.07) is 5.09. The minimum Gasteiger partial charge on any atom is -0.328 e. The summed E-state index contributed by atoms with van der Waals surface area (Å²) in [5.41, 5.74) is 1.51. The first-order valence-electron chi connectivity index (χ1n) is 10.1. The molecule has 162 valence electrons. The maximum Gasteiger partial charge on any atom is 0.243 e. The molecule has 0 bridgehead atoms. The van der Waals surface area contributed by atoms with E-state index in [1.165, 1.54) is 15.6 Å². The van der Waals surface area contributed by atoms with E-state index in [-0.39, 0.29) is 17.2 Å². The Balaban J connectivity index is 1.87. The van der Waals surface area contributed by atoms with Gasteiger partial charge in [-0.3, -0.25) is 4.79 Å². The highest BCUT2D eigenvalue weighted by Gasteiger charge is 2.23. The number of imidazole rings is 1. The van der Waals surface area contributed by atoms with Gasteiger partial charge in [0.15, 0.2) is 5.13 Å². The van der Waals surface area contributed by atoms with Crippen molar-refractivity contribution in [1.29, 1.82) is 0 Å². The van der Waals surface area contributed by atoms with E-state index in [2.05, 4.69) is 26.8 Å². The number of aromatic nitrogens is 3. The number of anilines is 1. The van der Waals surface area contributed by atoms with Crippen LogP contribution < -0.4 is 5.32 Å². The first kappa shape index (κ1) is 22.4. The smallest absolute Gasteiger partial charge is 0.243 e. The molecule has 0 atom stereocenters. The Kier molecular flexibility index (Phi) is 7.22. The average molecular weight is 450 g/mol. The summed E-state index contributed by atoms with van der Waals surface area (Å²) < 4.78 is 29.2. The van der Waals surface area contributed by atoms with E-state index in [9.17, 15) is 13.2 Å². The van der Waals surface area contributed by atoms with Gasteiger partial charge in [-0.25, -0.2) is 18.4 Å². The number of hydrogen-bond acceptors (Lipinski definition) is 6. The Morgan fingerprint density at radius 2 is 2.00 bits per heavy atom. The van der Waals surface area contributed by atoms with Crippen LogP contribution in [0.5, 0.6) is 0 Å². The standard InChI is InChI=1S/C20H27N5O3S2/c1-4-12-25-17-8-7-15(30(27,28)24(5-2)6-3)14-16(17)22-18(25)9-10-19(26)23-20-21-11-13-29-20/h7-8,11,13-14H,4-6,9-10,12H2,1-3H3,(H,21,23,26). The highest BCUT2D eigenvalue weighted by atomic mass is 32.2. The number of sulfonamides is 1. The fourth-order valence-electron chi connectivity index (χ4n) is 3.39. The highest BCUT2D eigenvalue weighted by molar-refractivity contribution is 7.89. The van der Waals surface area contributed by atoms with Crippen LogP contribution in [0.3, 0.4) is 0 Å². The molecular weight excluding hydrogens is 422 g/mol. The lowest BCUT2D eigenvalue weighted by atomic mass is 10.2. The zero-order chi connectivity index (χ0) is 21.7. The molecule has 0 aliphatic rings. The molecule has 0 radical (unpaired) electrons. The number of fused-ring (bicyclic) bond motifs is 1. The number of carbonyl (C=O) groups is 1. The van der Waals surface area contributed by atoms with Crippen LogP contribution in [0.1, 0.15) is 39.4 Å². The summed E-state index contributed by atoms with van der Waals surface area (Å²) in [5.74, 6) is 0.656. The number of nitrogens with zero attached hydrogens (tertiary/aromatic N) is 4. The molecule has 0 fully saturated rings. The maximum absolute atomic E-state index is 12.9. The number of aryl methyl sites for hydroxylation is 2. The zero-order valence-electron chi connectivity index (χ0n) is 17.5. The summed E-state index contributed by atoms with van der Waals surface area (Å²) in [5, 5.41) is 5.16. The van der Waals surface area contributed by atoms with Gasteiger partial charge in [0.2, 0.25) is 15.9 Å². The van der Waals surface area contributed by atoms with E-state index in [4.69, 9.17) is 0 Å². The highest BCUT2D eigenvalue weighted by Crippen LogP contribution is 2.24. The van der Waals surface area contributed by atoms with E-state index in [1.807, 2.05) is 19.9 Å². The largest absolute Gasteiger partial charge is 0.328 e. The molecule has 0 saturated carbocycles. The second kappa shape index (κ2) is 9.67. The molecule has 3 aromatic rings. The van der Waals surface area contributed by atoms with Gasteiger partial charge in [0.05, 0.1) is 15.9 Å². The van der Waals surface area contributed by atoms with Gasteiger partial charge in [-0.2, -0.15) is 4.31 Å². The van der Waals surface area contributed by atoms with E-state index < -0.39 is 10.0 Å². The molecule has 3 rings (SSSR count).